The predicted octanol–water partition coefficient (Wildman–Crippen LogP) is 12.6. The Hall–Kier alpha value is -11.2. The normalized spacial score (nSPS) is 14.7. The number of aromatic nitrogens is 12. The average Bonchev–Trinajstić information content (AvgIpc) is 1.67. The number of hydrogen-bond donors (Lipinski definition) is 5. The van der Waals surface area contributed by atoms with Crippen LogP contribution in [0.4, 0.5) is 40.1 Å². The van der Waals surface area contributed by atoms with Gasteiger partial charge < -0.3 is 71.1 Å². The van der Waals surface area contributed by atoms with E-state index >= 15 is 0 Å². The van der Waals surface area contributed by atoms with Gasteiger partial charge in [-0.3, -0.25) is 14.5 Å². The molecule has 538 valence electrons. The standard InChI is InChI=1S/C23H20N6O.C19H19N3O2.C18H19N3O.C14H11N3O.C5H2ClN3.N3.2Na.H2O/c1-24-18-13-25-23(26-14-18)28-17-11-19(16-7-3-2-4-8-16)22-20(12-17)29(15-27-22)21-9-5-6-10-30-21;23-13-21-15-10-16(14-6-2-1-3-7-14)19-17(11-15)22(12-20-19)18-8-4-5-9-24-18;19-14-10-15(13-6-2-1-3-7-13)18-16(11-14)21(12-20-18)17-8-4-5-9-22-17;18-9-17-11-6-12(10-4-2-1-3-5-10)14-13(7-11)15-8-16-14;1-7-4-2-8-5(6)9-3-4;1-3-2;;;/h2-4,7-8,11-15,21H,5-6,9-10H2,(H,25,26,28);1-3,6-7,10-13,18H,4-5,8-9H2,(H,21,23);1-3,6-7,10-12,17H,4-5,8-9,19H2;1-9H,(H,15,16)(H,17,18);2-3H;;;;1H2/q;;;;;-1;2*+1;/p-1. The third-order valence-electron chi connectivity index (χ3n) is 17.5. The van der Waals surface area contributed by atoms with E-state index in [-0.39, 0.29) is 88.6 Å². The van der Waals surface area contributed by atoms with Crippen LogP contribution >= 0.6 is 11.6 Å². The van der Waals surface area contributed by atoms with E-state index in [0.717, 1.165) is 183 Å². The monoisotopic (exact) mass is 1490 g/mol. The van der Waals surface area contributed by atoms with Crippen molar-refractivity contribution in [3.05, 3.63) is 264 Å². The Labute approximate surface area is 676 Å². The number of carbonyl (C=O) groups is 2. The molecule has 27 nitrogen and oxygen atoms in total. The van der Waals surface area contributed by atoms with E-state index in [0.29, 0.717) is 30.1 Å². The summed E-state index contributed by atoms with van der Waals surface area (Å²) in [7, 11) is 0. The molecule has 30 heteroatoms. The van der Waals surface area contributed by atoms with Crippen LogP contribution in [0.1, 0.15) is 76.5 Å². The number of H-pyrrole nitrogens is 1. The molecule has 8 aromatic carbocycles. The summed E-state index contributed by atoms with van der Waals surface area (Å²) in [5.41, 5.74) is 39.7. The summed E-state index contributed by atoms with van der Waals surface area (Å²) < 4.78 is 24.1. The predicted molar refractivity (Wildman–Crippen MR) is 414 cm³/mol. The van der Waals surface area contributed by atoms with Crippen LogP contribution in [0.25, 0.3) is 114 Å². The van der Waals surface area contributed by atoms with Gasteiger partial charge in [0.25, 0.3) is 0 Å². The van der Waals surface area contributed by atoms with E-state index in [9.17, 15) is 9.59 Å². The van der Waals surface area contributed by atoms with Gasteiger partial charge in [0, 0.05) is 89.6 Å². The molecule has 0 spiro atoms. The smallest absolute Gasteiger partial charge is 0.870 e. The fourth-order valence-corrected chi connectivity index (χ4v) is 12.8. The van der Waals surface area contributed by atoms with Crippen LogP contribution in [0, 0.1) is 13.1 Å². The van der Waals surface area contributed by atoms with Gasteiger partial charge in [0.1, 0.15) is 18.7 Å². The van der Waals surface area contributed by atoms with Crippen LogP contribution in [0.15, 0.2) is 220 Å². The Bertz CT molecular complexity index is 5370. The molecule has 3 fully saturated rings. The zero-order valence-electron chi connectivity index (χ0n) is 59.8. The quantitative estimate of drug-likeness (QED) is 0.0105. The molecule has 3 atom stereocenters. The molecule has 109 heavy (non-hydrogen) atoms. The van der Waals surface area contributed by atoms with Gasteiger partial charge in [-0.25, -0.2) is 49.6 Å². The fourth-order valence-electron chi connectivity index (χ4n) is 12.7. The first-order valence-electron chi connectivity index (χ1n) is 34.1. The van der Waals surface area contributed by atoms with Gasteiger partial charge in [-0.2, -0.15) is 0 Å². The largest absolute Gasteiger partial charge is 1.00 e. The summed E-state index contributed by atoms with van der Waals surface area (Å²) in [4.78, 5) is 66.5. The number of amides is 2. The molecule has 0 saturated carbocycles. The first-order valence-corrected chi connectivity index (χ1v) is 34.5. The third-order valence-corrected chi connectivity index (χ3v) is 17.7. The van der Waals surface area contributed by atoms with Crippen LogP contribution in [-0.2, 0) is 23.8 Å². The minimum Gasteiger partial charge on any atom is -0.870 e. The number of rotatable bonds is 13. The molecule has 7 N–H and O–H groups in total. The summed E-state index contributed by atoms with van der Waals surface area (Å²) >= 11 is 5.34. The Balaban J connectivity index is 0.000000160. The molecule has 9 heterocycles. The third kappa shape index (κ3) is 20.9. The number of aromatic amines is 1. The van der Waals surface area contributed by atoms with Gasteiger partial charge in [-0.15, -0.1) is 0 Å². The summed E-state index contributed by atoms with van der Waals surface area (Å²) in [5.74, 6) is 0.445. The molecular weight excluding hydrogens is 1420 g/mol. The minimum absolute atomic E-state index is 0. The topological polar surface area (TPSA) is 355 Å². The number of carbonyl (C=O) groups excluding carboxylic acids is 2. The number of fused-ring (bicyclic) bond motifs is 4. The van der Waals surface area contributed by atoms with E-state index in [4.69, 9.17) is 60.7 Å². The summed E-state index contributed by atoms with van der Waals surface area (Å²) in [6.45, 7) is 15.9. The Kier molecular flexibility index (Phi) is 30.9. The second-order valence-corrected chi connectivity index (χ2v) is 24.7. The summed E-state index contributed by atoms with van der Waals surface area (Å²) in [5, 5.41) is 8.88. The first-order chi connectivity index (χ1) is 52.1. The second-order valence-electron chi connectivity index (χ2n) is 24.4. The molecule has 14 aromatic rings. The molecule has 2 amide bonds. The Morgan fingerprint density at radius 2 is 0.835 bits per heavy atom. The average molecular weight is 1490 g/mol. The van der Waals surface area contributed by atoms with Crippen molar-refractivity contribution < 1.29 is 88.4 Å². The molecule has 3 saturated heterocycles. The number of hydrogen-bond acceptors (Lipinski definition) is 16. The van der Waals surface area contributed by atoms with Gasteiger partial charge >= 0.3 is 59.1 Å². The molecule has 0 aliphatic carbocycles. The van der Waals surface area contributed by atoms with E-state index in [1.807, 2.05) is 140 Å². The molecular formula is C79H72ClN21Na2O6. The molecule has 0 bridgehead atoms. The SMILES string of the molecule is Nc1cc(-c2ccccc2)c2ncn(C3CCCCO3)c2c1.O=CNc1cc(-c2ccccc2)c2nc[nH]c2c1.O=CNc1cc(-c2ccccc2)c2ncn(C3CCCCO3)c2c1.[C-]#[N+]c1cnc(Cl)nc1.[C-]#[N+]c1cnc(Nc2cc(-c3ccccc3)c3ncn(C4CCCCO4)c3c2)nc1.[N-]=[N+]=[N-].[Na+].[Na+].[OH-]. The first kappa shape index (κ1) is 81.8. The fraction of sp³-hybridized carbons (Fsp3) is 0.190. The number of nitrogens with one attached hydrogen (secondary N) is 4. The maximum absolute atomic E-state index is 10.9. The molecule has 3 aliphatic heterocycles. The zero-order valence-corrected chi connectivity index (χ0v) is 64.5. The number of imidazole rings is 4. The van der Waals surface area contributed by atoms with E-state index in [1.165, 1.54) is 36.1 Å². The number of nitrogens with zero attached hydrogens (tertiary/aromatic N) is 16. The van der Waals surface area contributed by atoms with Crippen molar-refractivity contribution in [3.63, 3.8) is 0 Å². The van der Waals surface area contributed by atoms with E-state index in [2.05, 4.69) is 128 Å². The Morgan fingerprint density at radius 3 is 1.22 bits per heavy atom. The van der Waals surface area contributed by atoms with Crippen molar-refractivity contribution in [2.24, 2.45) is 0 Å². The number of anilines is 5. The van der Waals surface area contributed by atoms with Crippen LogP contribution < -0.4 is 80.8 Å². The van der Waals surface area contributed by atoms with Crippen molar-refractivity contribution in [1.82, 2.24) is 58.6 Å². The van der Waals surface area contributed by atoms with Gasteiger partial charge in [0.05, 0.1) is 82.6 Å². The van der Waals surface area contributed by atoms with Gasteiger partial charge in [0.2, 0.25) is 35.4 Å². The minimum atomic E-state index is -0.00294. The molecule has 6 aromatic heterocycles. The maximum Gasteiger partial charge on any atom is 1.00 e. The molecule has 3 aliphatic rings. The van der Waals surface area contributed by atoms with Crippen LogP contribution in [0.5, 0.6) is 0 Å². The van der Waals surface area contributed by atoms with Crippen molar-refractivity contribution in [3.8, 4) is 44.5 Å². The van der Waals surface area contributed by atoms with Crippen LogP contribution in [0.2, 0.25) is 5.28 Å². The molecule has 3 unspecified atom stereocenters. The zero-order chi connectivity index (χ0) is 73.4. The number of nitrogens with two attached hydrogens (primary N) is 1. The number of ether oxygens (including phenoxy) is 3. The number of halogens is 1. The molecule has 17 rings (SSSR count). The van der Waals surface area contributed by atoms with E-state index in [1.54, 1.807) is 6.33 Å². The Morgan fingerprint density at radius 1 is 0.477 bits per heavy atom. The summed E-state index contributed by atoms with van der Waals surface area (Å²) in [6, 6.07) is 56.3. The van der Waals surface area contributed by atoms with Crippen molar-refractivity contribution in [2.75, 3.05) is 41.5 Å². The van der Waals surface area contributed by atoms with E-state index < -0.39 is 0 Å². The summed E-state index contributed by atoms with van der Waals surface area (Å²) in [6.07, 6.45) is 24.3. The van der Waals surface area contributed by atoms with Gasteiger partial charge in [-0.1, -0.05) is 121 Å². The van der Waals surface area contributed by atoms with Crippen molar-refractivity contribution in [2.45, 2.75) is 76.5 Å². The molecule has 0 radical (unpaired) electrons. The number of benzene rings is 8. The van der Waals surface area contributed by atoms with Crippen LogP contribution in [-0.4, -0.2) is 96.7 Å². The number of nitrogen functional groups attached to an aromatic ring is 1. The van der Waals surface area contributed by atoms with Crippen LogP contribution in [0.3, 0.4) is 0 Å². The van der Waals surface area contributed by atoms with Crippen molar-refractivity contribution >= 4 is 109 Å². The van der Waals surface area contributed by atoms with Gasteiger partial charge in [-0.05, 0) is 140 Å². The van der Waals surface area contributed by atoms with Crippen molar-refractivity contribution in [1.29, 1.82) is 0 Å². The maximum atomic E-state index is 10.9. The van der Waals surface area contributed by atoms with Gasteiger partial charge in [0.15, 0.2) is 0 Å². The second kappa shape index (κ2) is 41.2.